The molecule has 2 aliphatic rings. The lowest BCUT2D eigenvalue weighted by Crippen LogP contribution is -2.46. The van der Waals surface area contributed by atoms with Crippen molar-refractivity contribution >= 4 is 34.4 Å². The molecule has 0 unspecified atom stereocenters. The Morgan fingerprint density at radius 1 is 1.00 bits per heavy atom. The molecular weight excluding hydrogens is 526 g/mol. The molecule has 3 amide bonds. The number of rotatable bonds is 5. The Labute approximate surface area is 236 Å². The molecule has 0 bridgehead atoms. The Balaban J connectivity index is 1.45. The number of nitrogens with one attached hydrogen (secondary N) is 1. The van der Waals surface area contributed by atoms with E-state index < -0.39 is 10.8 Å². The molecule has 0 aliphatic carbocycles. The molecule has 0 aromatic heterocycles. The summed E-state index contributed by atoms with van der Waals surface area (Å²) in [5, 5.41) is 3.07. The maximum absolute atomic E-state index is 13.9. The summed E-state index contributed by atoms with van der Waals surface area (Å²) in [6.45, 7) is 7.39. The highest BCUT2D eigenvalue weighted by atomic mass is 32.2. The molecule has 0 spiro atoms. The molecule has 0 saturated carbocycles. The fourth-order valence-corrected chi connectivity index (χ4v) is 6.54. The third-order valence-electron chi connectivity index (χ3n) is 7.46. The van der Waals surface area contributed by atoms with Crippen molar-refractivity contribution in [3.8, 4) is 0 Å². The third-order valence-corrected chi connectivity index (χ3v) is 8.96. The lowest BCUT2D eigenvalue weighted by atomic mass is 10.0. The van der Waals surface area contributed by atoms with Gasteiger partial charge in [-0.25, -0.2) is 9.00 Å². The number of piperidine rings is 1. The minimum atomic E-state index is -1.60. The number of nitrogens with zero attached hydrogens (tertiary/aromatic N) is 2. The smallest absolute Gasteiger partial charge is 0.409 e. The molecule has 0 radical (unpaired) electrons. The maximum atomic E-state index is 13.9. The molecule has 5 rings (SSSR count). The maximum Gasteiger partial charge on any atom is 0.409 e. The predicted molar refractivity (Wildman–Crippen MR) is 153 cm³/mol. The van der Waals surface area contributed by atoms with E-state index in [4.69, 9.17) is 4.74 Å². The molecule has 3 aromatic carbocycles. The molecule has 208 valence electrons. The van der Waals surface area contributed by atoms with Gasteiger partial charge in [-0.05, 0) is 75.1 Å². The highest BCUT2D eigenvalue weighted by molar-refractivity contribution is 7.85. The van der Waals surface area contributed by atoms with Gasteiger partial charge in [0.05, 0.1) is 45.0 Å². The summed E-state index contributed by atoms with van der Waals surface area (Å²) in [6.07, 6.45) is 0.902. The number of amides is 3. The zero-order valence-corrected chi connectivity index (χ0v) is 23.8. The van der Waals surface area contributed by atoms with Crippen LogP contribution in [-0.4, -0.2) is 52.8 Å². The van der Waals surface area contributed by atoms with Crippen LogP contribution < -0.4 is 10.2 Å². The normalized spacial score (nSPS) is 17.1. The van der Waals surface area contributed by atoms with Crippen LogP contribution >= 0.6 is 0 Å². The molecular formula is C31H33N3O5S. The van der Waals surface area contributed by atoms with Gasteiger partial charge in [0.15, 0.2) is 0 Å². The molecule has 1 atom stereocenters. The Kier molecular flexibility index (Phi) is 8.02. The van der Waals surface area contributed by atoms with Crippen molar-refractivity contribution in [2.24, 2.45) is 0 Å². The molecule has 40 heavy (non-hydrogen) atoms. The number of benzene rings is 3. The van der Waals surface area contributed by atoms with E-state index in [2.05, 4.69) is 11.4 Å². The first-order valence-corrected chi connectivity index (χ1v) is 14.7. The second-order valence-corrected chi connectivity index (χ2v) is 11.6. The molecule has 8 nitrogen and oxygen atoms in total. The van der Waals surface area contributed by atoms with E-state index in [9.17, 15) is 18.6 Å². The van der Waals surface area contributed by atoms with E-state index in [1.54, 1.807) is 59.2 Å². The van der Waals surface area contributed by atoms with Gasteiger partial charge < -0.3 is 19.9 Å². The highest BCUT2D eigenvalue weighted by Crippen LogP contribution is 2.36. The van der Waals surface area contributed by atoms with Gasteiger partial charge in [0, 0.05) is 24.7 Å². The van der Waals surface area contributed by atoms with Crippen LogP contribution in [-0.2, 0) is 22.1 Å². The quantitative estimate of drug-likeness (QED) is 0.476. The summed E-state index contributed by atoms with van der Waals surface area (Å²) in [5.41, 5.74) is 4.34. The van der Waals surface area contributed by atoms with Crippen molar-refractivity contribution < 1.29 is 23.3 Å². The second kappa shape index (κ2) is 11.6. The van der Waals surface area contributed by atoms with Crippen molar-refractivity contribution in [3.63, 3.8) is 0 Å². The van der Waals surface area contributed by atoms with Crippen LogP contribution in [0.4, 0.5) is 10.5 Å². The molecule has 2 heterocycles. The van der Waals surface area contributed by atoms with E-state index in [-0.39, 0.29) is 30.5 Å². The van der Waals surface area contributed by atoms with Crippen molar-refractivity contribution in [3.05, 3.63) is 88.5 Å². The Bertz CT molecular complexity index is 1500. The van der Waals surface area contributed by atoms with Gasteiger partial charge in [-0.15, -0.1) is 0 Å². The highest BCUT2D eigenvalue weighted by Gasteiger charge is 2.32. The molecule has 9 heteroatoms. The van der Waals surface area contributed by atoms with Crippen molar-refractivity contribution in [2.75, 3.05) is 24.6 Å². The summed E-state index contributed by atoms with van der Waals surface area (Å²) in [6, 6.07) is 18.0. The number of carbonyl (C=O) groups is 3. The molecule has 3 aromatic rings. The first kappa shape index (κ1) is 27.6. The largest absolute Gasteiger partial charge is 0.450 e. The number of hydrogen-bond acceptors (Lipinski definition) is 5. The van der Waals surface area contributed by atoms with E-state index >= 15 is 0 Å². The SMILES string of the molecule is CCOC(=O)N1CCC(NC(=O)c2ccc3c(c2)N(Cc2cc(C)ccc2C)C(=O)c2ccccc2[S@]3=O)CC1. The molecule has 2 aliphatic heterocycles. The fraction of sp³-hybridized carbons (Fsp3) is 0.323. The van der Waals surface area contributed by atoms with E-state index in [0.717, 1.165) is 16.7 Å². The van der Waals surface area contributed by atoms with Gasteiger partial charge in [0.1, 0.15) is 0 Å². The number of fused-ring (bicyclic) bond motifs is 2. The minimum absolute atomic E-state index is 0.0944. The monoisotopic (exact) mass is 559 g/mol. The van der Waals surface area contributed by atoms with Gasteiger partial charge >= 0.3 is 6.09 Å². The molecule has 1 saturated heterocycles. The number of anilines is 1. The average Bonchev–Trinajstić information content (AvgIpc) is 3.04. The van der Waals surface area contributed by atoms with E-state index in [0.29, 0.717) is 59.1 Å². The summed E-state index contributed by atoms with van der Waals surface area (Å²) >= 11 is 0. The van der Waals surface area contributed by atoms with Crippen LogP contribution in [0.3, 0.4) is 0 Å². The fourth-order valence-electron chi connectivity index (χ4n) is 5.19. The number of likely N-dealkylation sites (tertiary alicyclic amines) is 1. The van der Waals surface area contributed by atoms with Crippen molar-refractivity contribution in [2.45, 2.75) is 56.0 Å². The first-order valence-electron chi connectivity index (χ1n) is 13.5. The van der Waals surface area contributed by atoms with Crippen molar-refractivity contribution in [1.82, 2.24) is 10.2 Å². The topological polar surface area (TPSA) is 96.0 Å². The van der Waals surface area contributed by atoms with E-state index in [1.165, 1.54) is 0 Å². The second-order valence-electron chi connectivity index (χ2n) is 10.2. The average molecular weight is 560 g/mol. The first-order chi connectivity index (χ1) is 19.3. The minimum Gasteiger partial charge on any atom is -0.450 e. The van der Waals surface area contributed by atoms with Crippen LogP contribution in [0.2, 0.25) is 0 Å². The molecule has 1 fully saturated rings. The van der Waals surface area contributed by atoms with Crippen LogP contribution in [0.25, 0.3) is 0 Å². The lowest BCUT2D eigenvalue weighted by Gasteiger charge is -2.31. The number of carbonyl (C=O) groups excluding carboxylic acids is 3. The number of ether oxygens (including phenoxy) is 1. The van der Waals surface area contributed by atoms with Gasteiger partial charge in [-0.2, -0.15) is 0 Å². The van der Waals surface area contributed by atoms with Crippen LogP contribution in [0.1, 0.15) is 57.2 Å². The number of aryl methyl sites for hydroxylation is 2. The zero-order chi connectivity index (χ0) is 28.4. The van der Waals surface area contributed by atoms with E-state index in [1.807, 2.05) is 26.0 Å². The van der Waals surface area contributed by atoms with Gasteiger partial charge in [0.2, 0.25) is 0 Å². The Morgan fingerprint density at radius 3 is 2.50 bits per heavy atom. The Morgan fingerprint density at radius 2 is 1.75 bits per heavy atom. The van der Waals surface area contributed by atoms with Crippen LogP contribution in [0, 0.1) is 13.8 Å². The van der Waals surface area contributed by atoms with Gasteiger partial charge in [0.25, 0.3) is 11.8 Å². The molecule has 1 N–H and O–H groups in total. The summed E-state index contributed by atoms with van der Waals surface area (Å²) < 4.78 is 18.8. The third kappa shape index (κ3) is 5.51. The van der Waals surface area contributed by atoms with Crippen molar-refractivity contribution in [1.29, 1.82) is 0 Å². The number of hydrogen-bond donors (Lipinski definition) is 1. The summed E-state index contributed by atoms with van der Waals surface area (Å²) in [4.78, 5) is 43.5. The van der Waals surface area contributed by atoms with Gasteiger partial charge in [-0.3, -0.25) is 9.59 Å². The summed E-state index contributed by atoms with van der Waals surface area (Å²) in [7, 11) is -1.60. The zero-order valence-electron chi connectivity index (χ0n) is 22.9. The predicted octanol–water partition coefficient (Wildman–Crippen LogP) is 4.98. The summed E-state index contributed by atoms with van der Waals surface area (Å²) in [5.74, 6) is -0.531. The van der Waals surface area contributed by atoms with Gasteiger partial charge in [-0.1, -0.05) is 35.9 Å². The standard InChI is InChI=1S/C31H33N3O5S/c1-4-39-31(37)33-15-13-24(14-16-33)32-29(35)22-11-12-28-26(18-22)34(19-23-17-20(2)9-10-21(23)3)30(36)25-7-5-6-8-27(25)40(28)38/h5-12,17-18,24H,4,13-16,19H2,1-3H3,(H,32,35)/t40-/m1/s1. The Hall–Kier alpha value is -3.98. The van der Waals surface area contributed by atoms with Crippen LogP contribution in [0.15, 0.2) is 70.5 Å². The lowest BCUT2D eigenvalue weighted by molar-refractivity contribution is 0.0858. The van der Waals surface area contributed by atoms with Crippen LogP contribution in [0.5, 0.6) is 0 Å².